The smallest absolute Gasteiger partial charge is 0.269 e. The third-order valence-corrected chi connectivity index (χ3v) is 3.63. The molecule has 1 N–H and O–H groups in total. The predicted molar refractivity (Wildman–Crippen MR) is 93.4 cm³/mol. The average molecular weight is 328 g/mol. The van der Waals surface area contributed by atoms with E-state index in [-0.39, 0.29) is 12.3 Å². The molecule has 126 valence electrons. The standard InChI is InChI=1S/C17H20N4O3/c1-3-20(10-11-22)15-6-4-14(5-7-15)18-19-17-9-8-16(21(23)24)12-13(17)2/h4-9,12,22H,3,10-11H2,1-2H3. The lowest BCUT2D eigenvalue weighted by molar-refractivity contribution is -0.384. The van der Waals surface area contributed by atoms with Gasteiger partial charge in [-0.1, -0.05) is 0 Å². The summed E-state index contributed by atoms with van der Waals surface area (Å²) < 4.78 is 0. The van der Waals surface area contributed by atoms with Gasteiger partial charge in [0.25, 0.3) is 5.69 Å². The highest BCUT2D eigenvalue weighted by atomic mass is 16.6. The van der Waals surface area contributed by atoms with Crippen LogP contribution in [0.3, 0.4) is 0 Å². The molecule has 0 amide bonds. The molecule has 2 aromatic rings. The second-order valence-corrected chi connectivity index (χ2v) is 5.25. The summed E-state index contributed by atoms with van der Waals surface area (Å²) in [5.74, 6) is 0. The van der Waals surface area contributed by atoms with Gasteiger partial charge in [-0.15, -0.1) is 0 Å². The summed E-state index contributed by atoms with van der Waals surface area (Å²) in [7, 11) is 0. The molecule has 7 heteroatoms. The zero-order valence-corrected chi connectivity index (χ0v) is 13.7. The number of benzene rings is 2. The largest absolute Gasteiger partial charge is 0.395 e. The van der Waals surface area contributed by atoms with Crippen LogP contribution in [-0.2, 0) is 0 Å². The Labute approximate surface area is 140 Å². The van der Waals surface area contributed by atoms with E-state index in [2.05, 4.69) is 15.1 Å². The fraction of sp³-hybridized carbons (Fsp3) is 0.294. The number of non-ortho nitro benzene ring substituents is 1. The minimum Gasteiger partial charge on any atom is -0.395 e. The molecule has 0 saturated heterocycles. The van der Waals surface area contributed by atoms with Crippen LogP contribution in [0.5, 0.6) is 0 Å². The lowest BCUT2D eigenvalue weighted by Gasteiger charge is -2.21. The maximum Gasteiger partial charge on any atom is 0.269 e. The van der Waals surface area contributed by atoms with Gasteiger partial charge in [-0.3, -0.25) is 10.1 Å². The fourth-order valence-corrected chi connectivity index (χ4v) is 2.30. The Morgan fingerprint density at radius 3 is 2.42 bits per heavy atom. The van der Waals surface area contributed by atoms with Crippen LogP contribution in [0, 0.1) is 17.0 Å². The van der Waals surface area contributed by atoms with Crippen LogP contribution < -0.4 is 4.90 Å². The van der Waals surface area contributed by atoms with Gasteiger partial charge in [0.15, 0.2) is 0 Å². The van der Waals surface area contributed by atoms with Gasteiger partial charge >= 0.3 is 0 Å². The number of aryl methyl sites for hydroxylation is 1. The molecule has 0 heterocycles. The van der Waals surface area contributed by atoms with Crippen molar-refractivity contribution < 1.29 is 10.0 Å². The van der Waals surface area contributed by atoms with Crippen LogP contribution >= 0.6 is 0 Å². The van der Waals surface area contributed by atoms with Crippen molar-refractivity contribution in [3.05, 3.63) is 58.1 Å². The molecule has 0 aliphatic heterocycles. The number of aliphatic hydroxyl groups is 1. The average Bonchev–Trinajstić information content (AvgIpc) is 2.59. The van der Waals surface area contributed by atoms with E-state index in [1.54, 1.807) is 13.0 Å². The molecule has 0 aliphatic rings. The number of anilines is 1. The van der Waals surface area contributed by atoms with Gasteiger partial charge in [0, 0.05) is 30.9 Å². The number of nitro benzene ring substituents is 1. The Kier molecular flexibility index (Phi) is 5.97. The summed E-state index contributed by atoms with van der Waals surface area (Å²) in [5.41, 5.74) is 3.04. The summed E-state index contributed by atoms with van der Waals surface area (Å²) in [4.78, 5) is 12.4. The molecular weight excluding hydrogens is 308 g/mol. The fourth-order valence-electron chi connectivity index (χ4n) is 2.30. The Balaban J connectivity index is 2.13. The number of azo groups is 1. The molecule has 7 nitrogen and oxygen atoms in total. The van der Waals surface area contributed by atoms with Gasteiger partial charge < -0.3 is 10.0 Å². The molecule has 0 saturated carbocycles. The third kappa shape index (κ3) is 4.36. The van der Waals surface area contributed by atoms with Gasteiger partial charge in [-0.2, -0.15) is 10.2 Å². The van der Waals surface area contributed by atoms with Crippen LogP contribution in [-0.4, -0.2) is 29.7 Å². The van der Waals surface area contributed by atoms with Crippen molar-refractivity contribution in [1.29, 1.82) is 0 Å². The summed E-state index contributed by atoms with van der Waals surface area (Å²) in [6.45, 7) is 5.29. The number of nitrogens with zero attached hydrogens (tertiary/aromatic N) is 4. The first-order valence-electron chi connectivity index (χ1n) is 7.67. The van der Waals surface area contributed by atoms with E-state index in [1.807, 2.05) is 31.2 Å². The van der Waals surface area contributed by atoms with Crippen LogP contribution in [0.2, 0.25) is 0 Å². The molecule has 0 spiro atoms. The van der Waals surface area contributed by atoms with E-state index < -0.39 is 4.92 Å². The molecule has 24 heavy (non-hydrogen) atoms. The molecule has 0 atom stereocenters. The van der Waals surface area contributed by atoms with Crippen LogP contribution in [0.15, 0.2) is 52.7 Å². The normalized spacial score (nSPS) is 11.0. The molecule has 0 radical (unpaired) electrons. The lowest BCUT2D eigenvalue weighted by Crippen LogP contribution is -2.25. The van der Waals surface area contributed by atoms with Crippen molar-refractivity contribution in [1.82, 2.24) is 0 Å². The maximum absolute atomic E-state index is 10.7. The van der Waals surface area contributed by atoms with Crippen molar-refractivity contribution in [2.75, 3.05) is 24.6 Å². The molecule has 2 aromatic carbocycles. The quantitative estimate of drug-likeness (QED) is 0.470. The van der Waals surface area contributed by atoms with Gasteiger partial charge in [0.2, 0.25) is 0 Å². The van der Waals surface area contributed by atoms with Crippen LogP contribution in [0.25, 0.3) is 0 Å². The summed E-state index contributed by atoms with van der Waals surface area (Å²) >= 11 is 0. The monoisotopic (exact) mass is 328 g/mol. The van der Waals surface area contributed by atoms with Gasteiger partial charge in [0.05, 0.1) is 22.9 Å². The first kappa shape index (κ1) is 17.6. The Bertz CT molecular complexity index is 729. The van der Waals surface area contributed by atoms with Crippen molar-refractivity contribution >= 4 is 22.7 Å². The van der Waals surface area contributed by atoms with E-state index in [0.717, 1.165) is 12.2 Å². The van der Waals surface area contributed by atoms with Crippen LogP contribution in [0.1, 0.15) is 12.5 Å². The highest BCUT2D eigenvalue weighted by Crippen LogP contribution is 2.26. The second-order valence-electron chi connectivity index (χ2n) is 5.25. The molecule has 0 unspecified atom stereocenters. The SMILES string of the molecule is CCN(CCO)c1ccc(N=Nc2ccc([N+](=O)[O-])cc2C)cc1. The van der Waals surface area contributed by atoms with Gasteiger partial charge in [0.1, 0.15) is 0 Å². The van der Waals surface area contributed by atoms with E-state index >= 15 is 0 Å². The van der Waals surface area contributed by atoms with E-state index in [4.69, 9.17) is 5.11 Å². The number of hydrogen-bond donors (Lipinski definition) is 1. The number of rotatable bonds is 7. The van der Waals surface area contributed by atoms with Gasteiger partial charge in [-0.05, 0) is 49.7 Å². The van der Waals surface area contributed by atoms with Crippen molar-refractivity contribution in [2.24, 2.45) is 10.2 Å². The van der Waals surface area contributed by atoms with Crippen molar-refractivity contribution in [3.63, 3.8) is 0 Å². The van der Waals surface area contributed by atoms with E-state index in [1.165, 1.54) is 12.1 Å². The number of nitro groups is 1. The van der Waals surface area contributed by atoms with Crippen molar-refractivity contribution in [2.45, 2.75) is 13.8 Å². The molecular formula is C17H20N4O3. The Morgan fingerprint density at radius 2 is 1.88 bits per heavy atom. The van der Waals surface area contributed by atoms with E-state index in [9.17, 15) is 10.1 Å². The first-order chi connectivity index (χ1) is 11.5. The molecule has 0 aliphatic carbocycles. The number of aliphatic hydroxyl groups excluding tert-OH is 1. The second kappa shape index (κ2) is 8.16. The minimum atomic E-state index is -0.432. The molecule has 0 fully saturated rings. The Morgan fingerprint density at radius 1 is 1.17 bits per heavy atom. The number of hydrogen-bond acceptors (Lipinski definition) is 6. The zero-order chi connectivity index (χ0) is 17.5. The first-order valence-corrected chi connectivity index (χ1v) is 7.67. The van der Waals surface area contributed by atoms with Crippen molar-refractivity contribution in [3.8, 4) is 0 Å². The third-order valence-electron chi connectivity index (χ3n) is 3.63. The Hall–Kier alpha value is -2.80. The van der Waals surface area contributed by atoms with Crippen LogP contribution in [0.4, 0.5) is 22.7 Å². The summed E-state index contributed by atoms with van der Waals surface area (Å²) in [5, 5.41) is 28.1. The molecule has 0 aromatic heterocycles. The predicted octanol–water partition coefficient (Wildman–Crippen LogP) is 4.14. The lowest BCUT2D eigenvalue weighted by atomic mass is 10.2. The zero-order valence-electron chi connectivity index (χ0n) is 13.7. The minimum absolute atomic E-state index is 0.0411. The highest BCUT2D eigenvalue weighted by Gasteiger charge is 2.07. The van der Waals surface area contributed by atoms with E-state index in [0.29, 0.717) is 23.5 Å². The summed E-state index contributed by atoms with van der Waals surface area (Å²) in [6.07, 6.45) is 0. The molecule has 2 rings (SSSR count). The number of likely N-dealkylation sites (N-methyl/N-ethyl adjacent to an activating group) is 1. The van der Waals surface area contributed by atoms with Gasteiger partial charge in [-0.25, -0.2) is 0 Å². The highest BCUT2D eigenvalue weighted by molar-refractivity contribution is 5.54. The topological polar surface area (TPSA) is 91.3 Å². The summed E-state index contributed by atoms with van der Waals surface area (Å²) in [6, 6.07) is 12.0. The maximum atomic E-state index is 10.7. The molecule has 0 bridgehead atoms.